The van der Waals surface area contributed by atoms with Gasteiger partial charge in [0.2, 0.25) is 0 Å². The van der Waals surface area contributed by atoms with E-state index in [9.17, 15) is 5.11 Å². The molecule has 2 aromatic rings. The lowest BCUT2D eigenvalue weighted by molar-refractivity contribution is 0.162. The van der Waals surface area contributed by atoms with Crippen LogP contribution in [0.1, 0.15) is 11.3 Å². The lowest BCUT2D eigenvalue weighted by Gasteiger charge is -2.12. The second-order valence-corrected chi connectivity index (χ2v) is 5.56. The van der Waals surface area contributed by atoms with Crippen molar-refractivity contribution >= 4 is 0 Å². The highest BCUT2D eigenvalue weighted by Crippen LogP contribution is 2.24. The summed E-state index contributed by atoms with van der Waals surface area (Å²) in [4.78, 5) is 2.12. The van der Waals surface area contributed by atoms with Crippen LogP contribution in [-0.4, -0.2) is 35.2 Å². The smallest absolute Gasteiger partial charge is 0.134 e. The molecule has 0 aliphatic carbocycles. The molecule has 3 N–H and O–H groups in total. The fraction of sp³-hybridized carbons (Fsp3) is 0.375. The average Bonchev–Trinajstić information content (AvgIpc) is 2.99. The van der Waals surface area contributed by atoms with Gasteiger partial charge in [0.05, 0.1) is 12.6 Å². The number of rotatable bonds is 3. The predicted molar refractivity (Wildman–Crippen MR) is 78.1 cm³/mol. The van der Waals surface area contributed by atoms with Gasteiger partial charge in [0.25, 0.3) is 0 Å². The summed E-state index contributed by atoms with van der Waals surface area (Å²) in [6, 6.07) is 12.1. The van der Waals surface area contributed by atoms with Crippen LogP contribution in [0.3, 0.4) is 0 Å². The van der Waals surface area contributed by atoms with Crippen molar-refractivity contribution in [3.63, 3.8) is 0 Å². The first-order chi connectivity index (χ1) is 9.61. The number of β-amino-alcohol motifs (C(OH)–C–C–N with tert-alkyl or cyclic N) is 1. The van der Waals surface area contributed by atoms with E-state index < -0.39 is 6.10 Å². The van der Waals surface area contributed by atoms with E-state index in [1.54, 1.807) is 0 Å². The van der Waals surface area contributed by atoms with Gasteiger partial charge in [-0.05, 0) is 19.1 Å². The molecule has 1 fully saturated rings. The molecule has 1 aromatic heterocycles. The first kappa shape index (κ1) is 13.4. The van der Waals surface area contributed by atoms with E-state index in [1.165, 1.54) is 5.56 Å². The second-order valence-electron chi connectivity index (χ2n) is 5.56. The van der Waals surface area contributed by atoms with E-state index in [0.717, 1.165) is 17.1 Å². The van der Waals surface area contributed by atoms with Gasteiger partial charge in [-0.15, -0.1) is 0 Å². The molecule has 4 heteroatoms. The number of benzene rings is 1. The molecule has 1 aromatic carbocycles. The van der Waals surface area contributed by atoms with Gasteiger partial charge in [-0.1, -0.05) is 29.8 Å². The Labute approximate surface area is 118 Å². The molecule has 106 valence electrons. The zero-order valence-electron chi connectivity index (χ0n) is 11.6. The molecule has 0 radical (unpaired) electrons. The fourth-order valence-corrected chi connectivity index (χ4v) is 2.58. The fourth-order valence-electron chi connectivity index (χ4n) is 2.58. The molecule has 0 amide bonds. The molecule has 2 atom stereocenters. The van der Waals surface area contributed by atoms with Crippen molar-refractivity contribution in [2.45, 2.75) is 25.6 Å². The Hall–Kier alpha value is -1.62. The van der Waals surface area contributed by atoms with Crippen molar-refractivity contribution < 1.29 is 9.52 Å². The topological polar surface area (TPSA) is 62.6 Å². The number of aliphatic hydroxyl groups is 1. The maximum Gasteiger partial charge on any atom is 0.134 e. The summed E-state index contributed by atoms with van der Waals surface area (Å²) in [5.74, 6) is 1.78. The third-order valence-corrected chi connectivity index (χ3v) is 3.79. The van der Waals surface area contributed by atoms with Crippen LogP contribution in [0.2, 0.25) is 0 Å². The summed E-state index contributed by atoms with van der Waals surface area (Å²) in [6.07, 6.45) is -0.429. The van der Waals surface area contributed by atoms with Crippen LogP contribution in [0.15, 0.2) is 40.8 Å². The van der Waals surface area contributed by atoms with Crippen molar-refractivity contribution in [3.8, 4) is 11.3 Å². The van der Waals surface area contributed by atoms with Crippen molar-refractivity contribution in [3.05, 3.63) is 47.7 Å². The molecular formula is C16H20N2O2. The summed E-state index contributed by atoms with van der Waals surface area (Å²) >= 11 is 0. The molecule has 0 saturated carbocycles. The summed E-state index contributed by atoms with van der Waals surface area (Å²) in [7, 11) is 0. The highest BCUT2D eigenvalue weighted by atomic mass is 16.3. The molecule has 1 saturated heterocycles. The highest BCUT2D eigenvalue weighted by Gasteiger charge is 2.28. The van der Waals surface area contributed by atoms with Gasteiger partial charge in [0.15, 0.2) is 0 Å². The molecule has 20 heavy (non-hydrogen) atoms. The van der Waals surface area contributed by atoms with E-state index in [1.807, 2.05) is 12.1 Å². The SMILES string of the molecule is Cc1ccc(-c2ccc(CN3C[C@@H](N)[C@H](O)C3)o2)cc1. The quantitative estimate of drug-likeness (QED) is 0.893. The standard InChI is InChI=1S/C16H20N2O2/c1-11-2-4-12(5-3-11)16-7-6-13(20-16)8-18-9-14(17)15(19)10-18/h2-7,14-15,19H,8-10,17H2,1H3/t14-,15-/m1/s1. The monoisotopic (exact) mass is 272 g/mol. The summed E-state index contributed by atoms with van der Waals surface area (Å²) in [5, 5.41) is 9.66. The van der Waals surface area contributed by atoms with Crippen molar-refractivity contribution in [2.24, 2.45) is 5.73 Å². The third-order valence-electron chi connectivity index (χ3n) is 3.79. The average molecular weight is 272 g/mol. The number of hydrogen-bond donors (Lipinski definition) is 2. The Morgan fingerprint density at radius 1 is 1.20 bits per heavy atom. The van der Waals surface area contributed by atoms with Crippen LogP contribution in [0.5, 0.6) is 0 Å². The van der Waals surface area contributed by atoms with Crippen LogP contribution in [0, 0.1) is 6.92 Å². The van der Waals surface area contributed by atoms with E-state index in [4.69, 9.17) is 10.2 Å². The van der Waals surface area contributed by atoms with Gasteiger partial charge in [0.1, 0.15) is 11.5 Å². The molecule has 0 unspecified atom stereocenters. The minimum absolute atomic E-state index is 0.151. The number of hydrogen-bond acceptors (Lipinski definition) is 4. The summed E-state index contributed by atoms with van der Waals surface area (Å²) < 4.78 is 5.88. The minimum Gasteiger partial charge on any atom is -0.460 e. The molecule has 3 rings (SSSR count). The van der Waals surface area contributed by atoms with Gasteiger partial charge < -0.3 is 15.3 Å². The van der Waals surface area contributed by atoms with Gasteiger partial charge >= 0.3 is 0 Å². The summed E-state index contributed by atoms with van der Waals surface area (Å²) in [5.41, 5.74) is 8.13. The number of furan rings is 1. The predicted octanol–water partition coefficient (Wildman–Crippen LogP) is 1.76. The van der Waals surface area contributed by atoms with Crippen molar-refractivity contribution in [1.29, 1.82) is 0 Å². The number of aliphatic hydroxyl groups excluding tert-OH is 1. The van der Waals surface area contributed by atoms with Crippen molar-refractivity contribution in [1.82, 2.24) is 4.90 Å². The second kappa shape index (κ2) is 5.40. The Bertz CT molecular complexity index is 566. The van der Waals surface area contributed by atoms with Crippen molar-refractivity contribution in [2.75, 3.05) is 13.1 Å². The lowest BCUT2D eigenvalue weighted by Crippen LogP contribution is -2.32. The molecule has 0 spiro atoms. The van der Waals surface area contributed by atoms with Gasteiger partial charge in [-0.25, -0.2) is 0 Å². The largest absolute Gasteiger partial charge is 0.460 e. The zero-order chi connectivity index (χ0) is 14.1. The van der Waals surface area contributed by atoms with Gasteiger partial charge in [-0.3, -0.25) is 4.90 Å². The Morgan fingerprint density at radius 2 is 1.95 bits per heavy atom. The first-order valence-electron chi connectivity index (χ1n) is 6.93. The number of likely N-dealkylation sites (tertiary alicyclic amines) is 1. The Balaban J connectivity index is 1.69. The van der Waals surface area contributed by atoms with Crippen LogP contribution in [0.4, 0.5) is 0 Å². The molecule has 2 heterocycles. The van der Waals surface area contributed by atoms with Crippen LogP contribution in [-0.2, 0) is 6.54 Å². The maximum atomic E-state index is 9.66. The third kappa shape index (κ3) is 2.77. The maximum absolute atomic E-state index is 9.66. The normalized spacial score (nSPS) is 23.4. The van der Waals surface area contributed by atoms with Crippen LogP contribution >= 0.6 is 0 Å². The van der Waals surface area contributed by atoms with E-state index in [2.05, 4.69) is 36.1 Å². The van der Waals surface area contributed by atoms with Crippen LogP contribution < -0.4 is 5.73 Å². The Kier molecular flexibility index (Phi) is 3.61. The zero-order valence-corrected chi connectivity index (χ0v) is 11.6. The molecular weight excluding hydrogens is 252 g/mol. The molecule has 0 bridgehead atoms. The minimum atomic E-state index is -0.429. The Morgan fingerprint density at radius 3 is 2.60 bits per heavy atom. The van der Waals surface area contributed by atoms with Gasteiger partial charge in [-0.2, -0.15) is 0 Å². The molecule has 1 aliphatic heterocycles. The van der Waals surface area contributed by atoms with Gasteiger partial charge in [0, 0.05) is 24.7 Å². The highest BCUT2D eigenvalue weighted by molar-refractivity contribution is 5.57. The lowest BCUT2D eigenvalue weighted by atomic mass is 10.1. The van der Waals surface area contributed by atoms with E-state index in [0.29, 0.717) is 19.6 Å². The molecule has 4 nitrogen and oxygen atoms in total. The number of nitrogens with two attached hydrogens (primary N) is 1. The number of nitrogens with zero attached hydrogens (tertiary/aromatic N) is 1. The summed E-state index contributed by atoms with van der Waals surface area (Å²) in [6.45, 7) is 4.08. The molecule has 1 aliphatic rings. The van der Waals surface area contributed by atoms with Crippen LogP contribution in [0.25, 0.3) is 11.3 Å². The number of aryl methyl sites for hydroxylation is 1. The first-order valence-corrected chi connectivity index (χ1v) is 6.93. The van der Waals surface area contributed by atoms with E-state index in [-0.39, 0.29) is 6.04 Å². The van der Waals surface area contributed by atoms with E-state index >= 15 is 0 Å².